The van der Waals surface area contributed by atoms with Crippen molar-refractivity contribution in [1.29, 1.82) is 0 Å². The van der Waals surface area contributed by atoms with Crippen molar-refractivity contribution in [2.75, 3.05) is 20.1 Å². The summed E-state index contributed by atoms with van der Waals surface area (Å²) in [6.07, 6.45) is 0.866. The average molecular weight is 316 g/mol. The number of ether oxygens (including phenoxy) is 1. The van der Waals surface area contributed by atoms with E-state index in [0.717, 1.165) is 31.3 Å². The van der Waals surface area contributed by atoms with Crippen LogP contribution in [0.4, 0.5) is 4.79 Å². The summed E-state index contributed by atoms with van der Waals surface area (Å²) in [6.45, 7) is 11.2. The normalized spacial score (nSPS) is 20.4. The van der Waals surface area contributed by atoms with Crippen LogP contribution in [0.3, 0.4) is 0 Å². The molecule has 1 N–H and O–H groups in total. The summed E-state index contributed by atoms with van der Waals surface area (Å²) in [4.78, 5) is 26.2. The summed E-state index contributed by atoms with van der Waals surface area (Å²) in [5.41, 5.74) is -0.510. The van der Waals surface area contributed by atoms with E-state index in [2.05, 4.69) is 5.32 Å². The lowest BCUT2D eigenvalue weighted by atomic mass is 10.1. The molecule has 0 radical (unpaired) electrons. The topological polar surface area (TPSA) is 58.6 Å². The van der Waals surface area contributed by atoms with Crippen LogP contribution in [-0.4, -0.2) is 47.2 Å². The molecule has 122 valence electrons. The first kappa shape index (κ1) is 18.3. The van der Waals surface area contributed by atoms with Crippen molar-refractivity contribution in [2.24, 2.45) is 11.8 Å². The molecule has 6 heteroatoms. The molecule has 0 saturated carbocycles. The molecule has 1 saturated heterocycles. The Morgan fingerprint density at radius 3 is 2.38 bits per heavy atom. The van der Waals surface area contributed by atoms with Crippen molar-refractivity contribution in [2.45, 2.75) is 52.0 Å². The molecule has 1 aliphatic rings. The Morgan fingerprint density at radius 2 is 1.95 bits per heavy atom. The zero-order valence-corrected chi connectivity index (χ0v) is 14.8. The van der Waals surface area contributed by atoms with E-state index >= 15 is 0 Å². The van der Waals surface area contributed by atoms with Crippen LogP contribution in [0.5, 0.6) is 0 Å². The summed E-state index contributed by atoms with van der Waals surface area (Å²) in [7, 11) is 1.78. The predicted molar refractivity (Wildman–Crippen MR) is 86.2 cm³/mol. The number of thioether (sulfide) groups is 1. The Labute approximate surface area is 132 Å². The lowest BCUT2D eigenvalue weighted by Crippen LogP contribution is -2.43. The minimum absolute atomic E-state index is 0.0236. The van der Waals surface area contributed by atoms with Gasteiger partial charge in [-0.2, -0.15) is 0 Å². The maximum absolute atomic E-state index is 12.5. The van der Waals surface area contributed by atoms with Gasteiger partial charge in [0.2, 0.25) is 5.91 Å². The Morgan fingerprint density at radius 1 is 1.33 bits per heavy atom. The molecule has 5 nitrogen and oxygen atoms in total. The van der Waals surface area contributed by atoms with Crippen LogP contribution in [0.15, 0.2) is 0 Å². The first-order chi connectivity index (χ1) is 9.61. The van der Waals surface area contributed by atoms with Gasteiger partial charge in [-0.15, -0.1) is 0 Å². The molecule has 1 heterocycles. The van der Waals surface area contributed by atoms with Crippen LogP contribution in [0.1, 0.15) is 41.0 Å². The van der Waals surface area contributed by atoms with Crippen LogP contribution < -0.4 is 5.32 Å². The third-order valence-corrected chi connectivity index (χ3v) is 4.69. The summed E-state index contributed by atoms with van der Waals surface area (Å²) in [5, 5.41) is 2.67. The van der Waals surface area contributed by atoms with Gasteiger partial charge in [0, 0.05) is 13.6 Å². The maximum Gasteiger partial charge on any atom is 0.369 e. The number of hydrogen-bond acceptors (Lipinski definition) is 5. The number of carbonyl (C=O) groups is 2. The quantitative estimate of drug-likeness (QED) is 0.638. The Hall–Kier alpha value is -0.750. The van der Waals surface area contributed by atoms with Gasteiger partial charge in [0.15, 0.2) is 0 Å². The van der Waals surface area contributed by atoms with E-state index < -0.39 is 5.60 Å². The fourth-order valence-electron chi connectivity index (χ4n) is 2.31. The molecule has 0 spiro atoms. The van der Waals surface area contributed by atoms with E-state index in [1.807, 2.05) is 34.6 Å². The van der Waals surface area contributed by atoms with E-state index in [1.54, 1.807) is 11.9 Å². The highest BCUT2D eigenvalue weighted by Crippen LogP contribution is 2.28. The average Bonchev–Trinajstić information content (AvgIpc) is 2.85. The van der Waals surface area contributed by atoms with Gasteiger partial charge in [0.1, 0.15) is 5.60 Å². The summed E-state index contributed by atoms with van der Waals surface area (Å²) in [6, 6.07) is 0. The van der Waals surface area contributed by atoms with Crippen LogP contribution >= 0.6 is 11.8 Å². The highest BCUT2D eigenvalue weighted by Gasteiger charge is 2.33. The van der Waals surface area contributed by atoms with Gasteiger partial charge in [-0.25, -0.2) is 4.79 Å². The van der Waals surface area contributed by atoms with E-state index in [0.29, 0.717) is 0 Å². The van der Waals surface area contributed by atoms with Gasteiger partial charge < -0.3 is 15.0 Å². The fourth-order valence-corrected chi connectivity index (χ4v) is 3.34. The van der Waals surface area contributed by atoms with Crippen molar-refractivity contribution < 1.29 is 14.3 Å². The zero-order chi connectivity index (χ0) is 16.2. The van der Waals surface area contributed by atoms with Crippen molar-refractivity contribution in [1.82, 2.24) is 10.2 Å². The first-order valence-electron chi connectivity index (χ1n) is 7.49. The van der Waals surface area contributed by atoms with Gasteiger partial charge in [-0.3, -0.25) is 4.79 Å². The zero-order valence-electron chi connectivity index (χ0n) is 13.9. The lowest BCUT2D eigenvalue weighted by molar-refractivity contribution is -0.134. The van der Waals surface area contributed by atoms with Crippen LogP contribution in [0.2, 0.25) is 0 Å². The molecule has 1 aliphatic heterocycles. The molecule has 21 heavy (non-hydrogen) atoms. The molecular formula is C15H28N2O3S. The lowest BCUT2D eigenvalue weighted by Gasteiger charge is -2.32. The van der Waals surface area contributed by atoms with Crippen molar-refractivity contribution >= 4 is 23.0 Å². The fraction of sp³-hybridized carbons (Fsp3) is 0.867. The monoisotopic (exact) mass is 316 g/mol. The molecule has 1 rings (SSSR count). The van der Waals surface area contributed by atoms with Crippen LogP contribution in [0, 0.1) is 11.8 Å². The van der Waals surface area contributed by atoms with Crippen LogP contribution in [0.25, 0.3) is 0 Å². The summed E-state index contributed by atoms with van der Waals surface area (Å²) < 4.78 is 5.35. The van der Waals surface area contributed by atoms with E-state index in [4.69, 9.17) is 4.74 Å². The number of carbonyl (C=O) groups excluding carboxylic acids is 2. The molecule has 0 aromatic carbocycles. The molecule has 0 aromatic rings. The SMILES string of the molecule is CC(C)[C@@H](SC(=O)OC(C)(C)C)N(C)C(=O)[C@H]1CCNC1. The first-order valence-corrected chi connectivity index (χ1v) is 8.37. The Balaban J connectivity index is 2.67. The highest BCUT2D eigenvalue weighted by molar-refractivity contribution is 8.13. The molecule has 2 atom stereocenters. The second kappa shape index (κ2) is 7.49. The van der Waals surface area contributed by atoms with E-state index in [1.165, 1.54) is 0 Å². The molecule has 0 bridgehead atoms. The predicted octanol–water partition coefficient (Wildman–Crippen LogP) is 2.70. The van der Waals surface area contributed by atoms with Crippen molar-refractivity contribution in [3.8, 4) is 0 Å². The number of rotatable bonds is 4. The molecule has 1 amide bonds. The van der Waals surface area contributed by atoms with Gasteiger partial charge in [0.25, 0.3) is 0 Å². The Bertz CT molecular complexity index is 374. The minimum atomic E-state index is -0.510. The maximum atomic E-state index is 12.5. The smallest absolute Gasteiger partial charge is 0.369 e. The summed E-state index contributed by atoms with van der Waals surface area (Å²) >= 11 is 1.10. The molecule has 0 aliphatic carbocycles. The van der Waals surface area contributed by atoms with E-state index in [-0.39, 0.29) is 28.4 Å². The standard InChI is InChI=1S/C15H28N2O3S/c1-10(2)13(21-14(19)20-15(3,4)5)17(6)12(18)11-7-8-16-9-11/h10-11,13,16H,7-9H2,1-6H3/t11-,13+/m0/s1. The molecule has 0 aromatic heterocycles. The second-order valence-corrected chi connectivity index (χ2v) is 7.91. The highest BCUT2D eigenvalue weighted by atomic mass is 32.2. The van der Waals surface area contributed by atoms with Gasteiger partial charge in [-0.05, 0) is 51.4 Å². The van der Waals surface area contributed by atoms with Crippen molar-refractivity contribution in [3.63, 3.8) is 0 Å². The Kier molecular flexibility index (Phi) is 6.53. The second-order valence-electron chi connectivity index (χ2n) is 6.86. The number of hydrogen-bond donors (Lipinski definition) is 1. The minimum Gasteiger partial charge on any atom is -0.452 e. The van der Waals surface area contributed by atoms with Crippen LogP contribution in [-0.2, 0) is 9.53 Å². The van der Waals surface area contributed by atoms with Gasteiger partial charge in [0.05, 0.1) is 11.3 Å². The molecule has 0 unspecified atom stereocenters. The van der Waals surface area contributed by atoms with Gasteiger partial charge in [-0.1, -0.05) is 13.8 Å². The van der Waals surface area contributed by atoms with E-state index in [9.17, 15) is 9.59 Å². The number of amides is 1. The number of nitrogens with zero attached hydrogens (tertiary/aromatic N) is 1. The molecular weight excluding hydrogens is 288 g/mol. The molecule has 1 fully saturated rings. The number of nitrogens with one attached hydrogen (secondary N) is 1. The third-order valence-electron chi connectivity index (χ3n) is 3.32. The summed E-state index contributed by atoms with van der Waals surface area (Å²) in [5.74, 6) is 0.302. The third kappa shape index (κ3) is 5.87. The van der Waals surface area contributed by atoms with Crippen molar-refractivity contribution in [3.05, 3.63) is 0 Å². The largest absolute Gasteiger partial charge is 0.452 e. The van der Waals surface area contributed by atoms with Gasteiger partial charge >= 0.3 is 5.30 Å².